The van der Waals surface area contributed by atoms with Crippen LogP contribution in [0.3, 0.4) is 0 Å². The first-order valence-corrected chi connectivity index (χ1v) is 15.3. The molecule has 1 atom stereocenters. The molecule has 8 rings (SSSR count). The van der Waals surface area contributed by atoms with Gasteiger partial charge in [0.15, 0.2) is 0 Å². The van der Waals surface area contributed by atoms with Gasteiger partial charge in [-0.05, 0) is 78.9 Å². The van der Waals surface area contributed by atoms with Crippen molar-refractivity contribution in [1.82, 2.24) is 0 Å². The number of rotatable bonds is 4. The van der Waals surface area contributed by atoms with Crippen LogP contribution in [0.25, 0.3) is 44.5 Å². The van der Waals surface area contributed by atoms with Crippen molar-refractivity contribution in [2.75, 3.05) is 0 Å². The molecule has 2 bridgehead atoms. The smallest absolute Gasteiger partial charge is 0.0991 e. The molecular weight excluding hydrogens is 542 g/mol. The molecule has 1 aliphatic carbocycles. The molecule has 1 unspecified atom stereocenters. The maximum atomic E-state index is 9.31. The van der Waals surface area contributed by atoms with Gasteiger partial charge in [0.25, 0.3) is 0 Å². The van der Waals surface area contributed by atoms with Crippen LogP contribution in [-0.2, 0) is 5.41 Å². The summed E-state index contributed by atoms with van der Waals surface area (Å²) in [5, 5.41) is 9.31. The molecule has 0 radical (unpaired) electrons. The summed E-state index contributed by atoms with van der Waals surface area (Å²) >= 11 is 0. The van der Waals surface area contributed by atoms with Crippen LogP contribution in [0, 0.1) is 11.3 Å². The molecular formula is C44H29N. The Morgan fingerprint density at radius 3 is 1.51 bits per heavy atom. The van der Waals surface area contributed by atoms with E-state index in [0.717, 1.165) is 11.1 Å². The largest absolute Gasteiger partial charge is 0.192 e. The third kappa shape index (κ3) is 4.23. The zero-order valence-electron chi connectivity index (χ0n) is 24.7. The highest BCUT2D eigenvalue weighted by Gasteiger charge is 2.43. The Bertz CT molecular complexity index is 2190. The fraction of sp³-hybridized carbons (Fsp3) is 0.0227. The molecule has 0 amide bonds. The maximum absolute atomic E-state index is 9.31. The molecule has 0 heterocycles. The van der Waals surface area contributed by atoms with Gasteiger partial charge in [-0.1, -0.05) is 164 Å². The van der Waals surface area contributed by atoms with Gasteiger partial charge < -0.3 is 0 Å². The summed E-state index contributed by atoms with van der Waals surface area (Å²) in [4.78, 5) is 0. The van der Waals surface area contributed by atoms with Crippen LogP contribution in [0.15, 0.2) is 176 Å². The highest BCUT2D eigenvalue weighted by Crippen LogP contribution is 2.55. The lowest BCUT2D eigenvalue weighted by molar-refractivity contribution is 0.748. The minimum absolute atomic E-state index is 0.615. The zero-order chi connectivity index (χ0) is 30.2. The lowest BCUT2D eigenvalue weighted by Gasteiger charge is -2.41. The first-order valence-electron chi connectivity index (χ1n) is 15.3. The van der Waals surface area contributed by atoms with Crippen molar-refractivity contribution in [2.24, 2.45) is 0 Å². The van der Waals surface area contributed by atoms with E-state index in [2.05, 4.69) is 158 Å². The summed E-state index contributed by atoms with van der Waals surface area (Å²) in [7, 11) is 0. The summed E-state index contributed by atoms with van der Waals surface area (Å²) in [6.07, 6.45) is 0. The molecule has 0 aliphatic heterocycles. The van der Waals surface area contributed by atoms with Crippen LogP contribution in [-0.4, -0.2) is 0 Å². The minimum atomic E-state index is -0.615. The van der Waals surface area contributed by atoms with Gasteiger partial charge in [-0.3, -0.25) is 0 Å². The third-order valence-electron chi connectivity index (χ3n) is 9.24. The van der Waals surface area contributed by atoms with Crippen molar-refractivity contribution in [3.63, 3.8) is 0 Å². The van der Waals surface area contributed by atoms with E-state index < -0.39 is 5.41 Å². The predicted molar refractivity (Wildman–Crippen MR) is 185 cm³/mol. The topological polar surface area (TPSA) is 23.8 Å². The molecule has 0 aromatic heterocycles. The quantitative estimate of drug-likeness (QED) is 0.206. The molecule has 7 aromatic rings. The average molecular weight is 572 g/mol. The second-order valence-corrected chi connectivity index (χ2v) is 11.6. The summed E-state index contributed by atoms with van der Waals surface area (Å²) in [6.45, 7) is 0. The molecule has 1 aliphatic rings. The molecule has 0 spiro atoms. The predicted octanol–water partition coefficient (Wildman–Crippen LogP) is 10.9. The number of nitriles is 1. The Kier molecular flexibility index (Phi) is 6.48. The van der Waals surface area contributed by atoms with Gasteiger partial charge in [0.05, 0.1) is 17.0 Å². The first kappa shape index (κ1) is 26.6. The molecule has 0 saturated carbocycles. The fourth-order valence-corrected chi connectivity index (χ4v) is 7.27. The molecule has 7 aromatic carbocycles. The molecule has 0 saturated heterocycles. The van der Waals surface area contributed by atoms with E-state index in [1.165, 1.54) is 55.6 Å². The van der Waals surface area contributed by atoms with Gasteiger partial charge in [-0.2, -0.15) is 5.26 Å². The zero-order valence-corrected chi connectivity index (χ0v) is 24.7. The SMILES string of the molecule is N#Cc1ccc(-c2ccc(C3(c4ccccc4)c4ccccc4-c4ccccc4-c4cccc3c4-c3ccccc3)cc2)cc1. The molecule has 0 fully saturated rings. The highest BCUT2D eigenvalue weighted by atomic mass is 14.4. The van der Waals surface area contributed by atoms with E-state index in [-0.39, 0.29) is 0 Å². The van der Waals surface area contributed by atoms with Crippen molar-refractivity contribution in [2.45, 2.75) is 5.41 Å². The van der Waals surface area contributed by atoms with Crippen molar-refractivity contribution in [3.05, 3.63) is 204 Å². The van der Waals surface area contributed by atoms with Crippen molar-refractivity contribution >= 4 is 0 Å². The van der Waals surface area contributed by atoms with Crippen molar-refractivity contribution < 1.29 is 0 Å². The van der Waals surface area contributed by atoms with E-state index in [4.69, 9.17) is 0 Å². The Hall–Kier alpha value is -5.97. The Balaban J connectivity index is 1.51. The van der Waals surface area contributed by atoms with Gasteiger partial charge >= 0.3 is 0 Å². The van der Waals surface area contributed by atoms with Crippen molar-refractivity contribution in [3.8, 4) is 50.6 Å². The van der Waals surface area contributed by atoms with Crippen molar-refractivity contribution in [1.29, 1.82) is 5.26 Å². The molecule has 1 heteroatoms. The third-order valence-corrected chi connectivity index (χ3v) is 9.24. The van der Waals surface area contributed by atoms with E-state index in [0.29, 0.717) is 5.56 Å². The summed E-state index contributed by atoms with van der Waals surface area (Å²) in [6, 6.07) is 65.5. The van der Waals surface area contributed by atoms with Gasteiger partial charge in [-0.25, -0.2) is 0 Å². The Labute approximate surface area is 264 Å². The first-order chi connectivity index (χ1) is 22.3. The van der Waals surface area contributed by atoms with Crippen LogP contribution in [0.2, 0.25) is 0 Å². The molecule has 210 valence electrons. The van der Waals surface area contributed by atoms with Gasteiger partial charge in [0, 0.05) is 0 Å². The van der Waals surface area contributed by atoms with E-state index in [9.17, 15) is 5.26 Å². The minimum Gasteiger partial charge on any atom is -0.192 e. The van der Waals surface area contributed by atoms with Crippen LogP contribution < -0.4 is 0 Å². The second kappa shape index (κ2) is 10.9. The monoisotopic (exact) mass is 571 g/mol. The summed E-state index contributed by atoms with van der Waals surface area (Å²) in [5.74, 6) is 0. The number of hydrogen-bond donors (Lipinski definition) is 0. The van der Waals surface area contributed by atoms with E-state index >= 15 is 0 Å². The number of nitrogens with zero attached hydrogens (tertiary/aromatic N) is 1. The molecule has 0 N–H and O–H groups in total. The standard InChI is InChI=1S/C44H29N/c45-30-31-22-24-32(25-23-31)33-26-28-36(29-27-33)44(35-14-5-2-6-15-35)41-20-10-9-18-39(41)37-16-7-8-17-38(37)40-19-11-21-42(44)43(40)34-12-3-1-4-13-34/h1-29H. The van der Waals surface area contributed by atoms with Crippen LogP contribution in [0.5, 0.6) is 0 Å². The lowest BCUT2D eigenvalue weighted by atomic mass is 9.60. The lowest BCUT2D eigenvalue weighted by Crippen LogP contribution is -2.33. The van der Waals surface area contributed by atoms with Crippen LogP contribution in [0.1, 0.15) is 27.8 Å². The molecule has 45 heavy (non-hydrogen) atoms. The van der Waals surface area contributed by atoms with Gasteiger partial charge in [0.2, 0.25) is 0 Å². The van der Waals surface area contributed by atoms with Gasteiger partial charge in [-0.15, -0.1) is 0 Å². The maximum Gasteiger partial charge on any atom is 0.0991 e. The van der Waals surface area contributed by atoms with Crippen LogP contribution in [0.4, 0.5) is 0 Å². The summed E-state index contributed by atoms with van der Waals surface area (Å²) in [5.41, 5.74) is 14.6. The number of hydrogen-bond acceptors (Lipinski definition) is 1. The average Bonchev–Trinajstić information content (AvgIpc) is 3.13. The number of benzene rings is 7. The van der Waals surface area contributed by atoms with E-state index in [1.54, 1.807) is 0 Å². The van der Waals surface area contributed by atoms with Gasteiger partial charge in [0.1, 0.15) is 0 Å². The van der Waals surface area contributed by atoms with Crippen LogP contribution >= 0.6 is 0 Å². The second-order valence-electron chi connectivity index (χ2n) is 11.6. The Morgan fingerprint density at radius 2 is 0.844 bits per heavy atom. The normalized spacial score (nSPS) is 14.7. The molecule has 1 nitrogen and oxygen atoms in total. The highest BCUT2D eigenvalue weighted by molar-refractivity contribution is 5.97. The van der Waals surface area contributed by atoms with E-state index in [1.807, 2.05) is 24.3 Å². The fourth-order valence-electron chi connectivity index (χ4n) is 7.27. The number of fused-ring (bicyclic) bond motifs is 6. The Morgan fingerprint density at radius 1 is 0.356 bits per heavy atom. The summed E-state index contributed by atoms with van der Waals surface area (Å²) < 4.78 is 0.